The number of rotatable bonds is 6. The van der Waals surface area contributed by atoms with Crippen LogP contribution >= 0.6 is 15.9 Å². The van der Waals surface area contributed by atoms with Crippen molar-refractivity contribution in [3.05, 3.63) is 28.7 Å². The minimum absolute atomic E-state index is 0.130. The normalized spacial score (nSPS) is 11.8. The predicted octanol–water partition coefficient (Wildman–Crippen LogP) is 2.62. The number of hydrogen-bond donors (Lipinski definition) is 2. The first kappa shape index (κ1) is 19.2. The summed E-state index contributed by atoms with van der Waals surface area (Å²) in [5, 5.41) is 6.72. The van der Waals surface area contributed by atoms with Gasteiger partial charge in [-0.25, -0.2) is 5.43 Å². The van der Waals surface area contributed by atoms with Gasteiger partial charge in [-0.3, -0.25) is 9.59 Å². The number of carbonyl (C=O) groups excluding carboxylic acids is 2. The number of carbonyl (C=O) groups is 2. The highest BCUT2D eigenvalue weighted by molar-refractivity contribution is 9.10. The van der Waals surface area contributed by atoms with Gasteiger partial charge in [-0.1, -0.05) is 15.9 Å². The molecular weight excluding hydrogens is 362 g/mol. The van der Waals surface area contributed by atoms with Crippen LogP contribution in [0.15, 0.2) is 33.8 Å². The van der Waals surface area contributed by atoms with Gasteiger partial charge in [0.1, 0.15) is 5.75 Å². The van der Waals surface area contributed by atoms with Crippen molar-refractivity contribution in [3.63, 3.8) is 0 Å². The molecule has 1 rings (SSSR count). The summed E-state index contributed by atoms with van der Waals surface area (Å²) in [5.41, 5.74) is 2.59. The maximum absolute atomic E-state index is 11.7. The van der Waals surface area contributed by atoms with E-state index < -0.39 is 0 Å². The summed E-state index contributed by atoms with van der Waals surface area (Å²) in [6, 6.07) is 7.15. The topological polar surface area (TPSA) is 79.8 Å². The molecule has 0 unspecified atom stereocenters. The minimum Gasteiger partial charge on any atom is -0.484 e. The molecule has 0 fully saturated rings. The highest BCUT2D eigenvalue weighted by Crippen LogP contribution is 2.15. The fraction of sp³-hybridized carbons (Fsp3) is 0.438. The quantitative estimate of drug-likeness (QED) is 0.585. The summed E-state index contributed by atoms with van der Waals surface area (Å²) in [4.78, 5) is 23.4. The van der Waals surface area contributed by atoms with E-state index in [1.807, 2.05) is 32.9 Å². The molecule has 0 aromatic heterocycles. The third-order valence-corrected chi connectivity index (χ3v) is 3.01. The van der Waals surface area contributed by atoms with E-state index in [1.54, 1.807) is 19.1 Å². The molecule has 126 valence electrons. The van der Waals surface area contributed by atoms with Crippen molar-refractivity contribution in [2.45, 2.75) is 39.7 Å². The maximum Gasteiger partial charge on any atom is 0.277 e. The lowest BCUT2D eigenvalue weighted by Gasteiger charge is -2.20. The Labute approximate surface area is 144 Å². The summed E-state index contributed by atoms with van der Waals surface area (Å²) in [6.07, 6.45) is 0.130. The monoisotopic (exact) mass is 383 g/mol. The van der Waals surface area contributed by atoms with E-state index in [9.17, 15) is 9.59 Å². The third-order valence-electron chi connectivity index (χ3n) is 2.49. The van der Waals surface area contributed by atoms with Crippen LogP contribution in [0.1, 0.15) is 34.1 Å². The number of halogens is 1. The molecule has 0 bridgehead atoms. The van der Waals surface area contributed by atoms with Crippen LogP contribution < -0.4 is 15.5 Å². The Hall–Kier alpha value is -1.89. The Morgan fingerprint density at radius 3 is 2.35 bits per heavy atom. The van der Waals surface area contributed by atoms with E-state index in [-0.39, 0.29) is 30.4 Å². The lowest BCUT2D eigenvalue weighted by Crippen LogP contribution is -2.41. The zero-order valence-corrected chi connectivity index (χ0v) is 15.4. The van der Waals surface area contributed by atoms with E-state index >= 15 is 0 Å². The van der Waals surface area contributed by atoms with Crippen molar-refractivity contribution >= 4 is 33.5 Å². The molecule has 7 heteroatoms. The lowest BCUT2D eigenvalue weighted by atomic mass is 10.1. The summed E-state index contributed by atoms with van der Waals surface area (Å²) < 4.78 is 6.25. The molecule has 1 aromatic rings. The first-order chi connectivity index (χ1) is 10.7. The molecular formula is C16H22BrN3O3. The molecule has 0 heterocycles. The highest BCUT2D eigenvalue weighted by atomic mass is 79.9. The summed E-state index contributed by atoms with van der Waals surface area (Å²) in [6.45, 7) is 7.24. The third kappa shape index (κ3) is 8.97. The van der Waals surface area contributed by atoms with E-state index in [0.717, 1.165) is 4.47 Å². The second-order valence-electron chi connectivity index (χ2n) is 6.10. The van der Waals surface area contributed by atoms with Crippen LogP contribution in [0, 0.1) is 0 Å². The molecule has 1 aromatic carbocycles. The van der Waals surface area contributed by atoms with Gasteiger partial charge in [0.05, 0.1) is 6.42 Å². The molecule has 0 saturated carbocycles. The zero-order chi connectivity index (χ0) is 17.5. The molecule has 0 spiro atoms. The molecule has 2 N–H and O–H groups in total. The molecule has 2 amide bonds. The smallest absolute Gasteiger partial charge is 0.277 e. The van der Waals surface area contributed by atoms with E-state index in [2.05, 4.69) is 31.8 Å². The Balaban J connectivity index is 2.36. The van der Waals surface area contributed by atoms with Crippen molar-refractivity contribution in [2.75, 3.05) is 6.61 Å². The molecule has 0 radical (unpaired) electrons. The SMILES string of the molecule is C/C(CC(=O)NC(C)(C)C)=N\NC(=O)COc1ccc(Br)cc1. The predicted molar refractivity (Wildman–Crippen MR) is 93.4 cm³/mol. The van der Waals surface area contributed by atoms with Gasteiger partial charge < -0.3 is 10.1 Å². The van der Waals surface area contributed by atoms with Crippen LogP contribution in [0.2, 0.25) is 0 Å². The Morgan fingerprint density at radius 2 is 1.78 bits per heavy atom. The van der Waals surface area contributed by atoms with Crippen LogP contribution in [-0.2, 0) is 9.59 Å². The molecule has 0 aliphatic rings. The lowest BCUT2D eigenvalue weighted by molar-refractivity contribution is -0.123. The Morgan fingerprint density at radius 1 is 1.17 bits per heavy atom. The fourth-order valence-corrected chi connectivity index (χ4v) is 1.87. The van der Waals surface area contributed by atoms with Gasteiger partial charge in [-0.05, 0) is 52.0 Å². The molecule has 6 nitrogen and oxygen atoms in total. The van der Waals surface area contributed by atoms with E-state index in [4.69, 9.17) is 4.74 Å². The number of benzene rings is 1. The number of ether oxygens (including phenoxy) is 1. The van der Waals surface area contributed by atoms with Gasteiger partial charge in [-0.2, -0.15) is 5.10 Å². The Bertz CT molecular complexity index is 577. The molecule has 0 aliphatic carbocycles. The van der Waals surface area contributed by atoms with Crippen molar-refractivity contribution in [1.29, 1.82) is 0 Å². The first-order valence-electron chi connectivity index (χ1n) is 7.17. The number of hydrazone groups is 1. The van der Waals surface area contributed by atoms with E-state index in [0.29, 0.717) is 11.5 Å². The maximum atomic E-state index is 11.7. The van der Waals surface area contributed by atoms with E-state index in [1.165, 1.54) is 0 Å². The largest absolute Gasteiger partial charge is 0.484 e. The number of nitrogens with zero attached hydrogens (tertiary/aromatic N) is 1. The van der Waals surface area contributed by atoms with Crippen molar-refractivity contribution in [2.24, 2.45) is 5.10 Å². The van der Waals surface area contributed by atoms with Gasteiger partial charge in [0, 0.05) is 15.7 Å². The van der Waals surface area contributed by atoms with Gasteiger partial charge in [0.2, 0.25) is 5.91 Å². The van der Waals surface area contributed by atoms with Crippen LogP contribution in [0.5, 0.6) is 5.75 Å². The minimum atomic E-state index is -0.386. The average molecular weight is 384 g/mol. The molecule has 0 atom stereocenters. The van der Waals surface area contributed by atoms with Crippen LogP contribution in [-0.4, -0.2) is 29.7 Å². The second kappa shape index (κ2) is 8.67. The fourth-order valence-electron chi connectivity index (χ4n) is 1.60. The number of nitrogens with one attached hydrogen (secondary N) is 2. The average Bonchev–Trinajstić information content (AvgIpc) is 2.42. The highest BCUT2D eigenvalue weighted by Gasteiger charge is 2.14. The summed E-state index contributed by atoms with van der Waals surface area (Å²) in [5.74, 6) is 0.0659. The van der Waals surface area contributed by atoms with Crippen molar-refractivity contribution in [1.82, 2.24) is 10.7 Å². The van der Waals surface area contributed by atoms with Crippen LogP contribution in [0.4, 0.5) is 0 Å². The van der Waals surface area contributed by atoms with Crippen molar-refractivity contribution < 1.29 is 14.3 Å². The van der Waals surface area contributed by atoms with Gasteiger partial charge in [0.15, 0.2) is 6.61 Å². The van der Waals surface area contributed by atoms with Gasteiger partial charge in [0.25, 0.3) is 5.91 Å². The van der Waals surface area contributed by atoms with Crippen molar-refractivity contribution in [3.8, 4) is 5.75 Å². The van der Waals surface area contributed by atoms with Gasteiger partial charge in [-0.15, -0.1) is 0 Å². The molecule has 0 saturated heterocycles. The second-order valence-corrected chi connectivity index (χ2v) is 7.02. The number of hydrogen-bond acceptors (Lipinski definition) is 4. The van der Waals surface area contributed by atoms with Gasteiger partial charge >= 0.3 is 0 Å². The van der Waals surface area contributed by atoms with Crippen LogP contribution in [0.3, 0.4) is 0 Å². The first-order valence-corrected chi connectivity index (χ1v) is 7.96. The Kier molecular flexibility index (Phi) is 7.22. The molecule has 0 aliphatic heterocycles. The number of amides is 2. The summed E-state index contributed by atoms with van der Waals surface area (Å²) in [7, 11) is 0. The standard InChI is InChI=1S/C16H22BrN3O3/c1-11(9-14(21)18-16(2,3)4)19-20-15(22)10-23-13-7-5-12(17)6-8-13/h5-8H,9-10H2,1-4H3,(H,18,21)(H,20,22)/b19-11+. The zero-order valence-electron chi connectivity index (χ0n) is 13.8. The van der Waals surface area contributed by atoms with Crippen LogP contribution in [0.25, 0.3) is 0 Å². The molecule has 23 heavy (non-hydrogen) atoms. The summed E-state index contributed by atoms with van der Waals surface area (Å²) >= 11 is 3.32.